The number of amides is 1. The Morgan fingerprint density at radius 1 is 1.09 bits per heavy atom. The fraction of sp³-hybridized carbons (Fsp3) is 0.231. The molecule has 0 aliphatic carbocycles. The summed E-state index contributed by atoms with van der Waals surface area (Å²) in [6.45, 7) is 4.19. The van der Waals surface area contributed by atoms with E-state index < -0.39 is 0 Å². The summed E-state index contributed by atoms with van der Waals surface area (Å²) < 4.78 is 16.6. The number of methoxy groups -OCH3 is 1. The highest BCUT2D eigenvalue weighted by Crippen LogP contribution is 2.32. The molecular formula is C26H25ClN2O4. The van der Waals surface area contributed by atoms with Crippen LogP contribution in [-0.2, 0) is 4.79 Å². The number of nitrogens with one attached hydrogen (secondary N) is 1. The van der Waals surface area contributed by atoms with Gasteiger partial charge in [0.2, 0.25) is 5.89 Å². The standard InChI is InChI=1S/C26H25ClN2O4/c1-4-16(2)17-6-12-24-23(13-17)29-26(33-24)18-5-11-21(27)22(14-18)28-25(30)15-32-20-9-7-19(31-3)8-10-20/h5-14,16H,4,15H2,1-3H3,(H,28,30). The summed E-state index contributed by atoms with van der Waals surface area (Å²) in [5.41, 5.74) is 3.92. The molecule has 0 bridgehead atoms. The molecule has 4 rings (SSSR count). The molecule has 0 saturated heterocycles. The Labute approximate surface area is 197 Å². The number of hydrogen-bond donors (Lipinski definition) is 1. The number of ether oxygens (including phenoxy) is 2. The number of benzene rings is 3. The maximum Gasteiger partial charge on any atom is 0.262 e. The first-order valence-corrected chi connectivity index (χ1v) is 11.1. The van der Waals surface area contributed by atoms with E-state index in [1.54, 1.807) is 43.5 Å². The molecule has 0 spiro atoms. The first kappa shape index (κ1) is 22.7. The SMILES string of the molecule is CCC(C)c1ccc2oc(-c3ccc(Cl)c(NC(=O)COc4ccc(OC)cc4)c3)nc2c1. The van der Waals surface area contributed by atoms with E-state index in [0.29, 0.717) is 45.2 Å². The van der Waals surface area contributed by atoms with Crippen molar-refractivity contribution in [2.75, 3.05) is 19.0 Å². The fourth-order valence-electron chi connectivity index (χ4n) is 3.37. The van der Waals surface area contributed by atoms with Crippen LogP contribution in [0.15, 0.2) is 65.1 Å². The Hall–Kier alpha value is -3.51. The van der Waals surface area contributed by atoms with Gasteiger partial charge < -0.3 is 19.2 Å². The number of anilines is 1. The van der Waals surface area contributed by atoms with Gasteiger partial charge >= 0.3 is 0 Å². The lowest BCUT2D eigenvalue weighted by Gasteiger charge is -2.10. The van der Waals surface area contributed by atoms with Crippen LogP contribution in [0.3, 0.4) is 0 Å². The molecular weight excluding hydrogens is 440 g/mol. The molecule has 1 heterocycles. The first-order chi connectivity index (χ1) is 16.0. The van der Waals surface area contributed by atoms with Crippen molar-refractivity contribution in [2.45, 2.75) is 26.2 Å². The van der Waals surface area contributed by atoms with Crippen molar-refractivity contribution in [1.82, 2.24) is 4.98 Å². The van der Waals surface area contributed by atoms with Gasteiger partial charge in [0.1, 0.15) is 17.0 Å². The number of hydrogen-bond acceptors (Lipinski definition) is 5. The Bertz CT molecular complexity index is 1270. The van der Waals surface area contributed by atoms with E-state index in [2.05, 4.69) is 36.3 Å². The van der Waals surface area contributed by atoms with Gasteiger partial charge in [-0.25, -0.2) is 4.98 Å². The van der Waals surface area contributed by atoms with E-state index in [1.165, 1.54) is 5.56 Å². The third-order valence-corrected chi connectivity index (χ3v) is 5.84. The number of nitrogens with zero attached hydrogens (tertiary/aromatic N) is 1. The molecule has 0 aliphatic rings. The maximum absolute atomic E-state index is 12.4. The van der Waals surface area contributed by atoms with Crippen molar-refractivity contribution in [3.05, 3.63) is 71.2 Å². The lowest BCUT2D eigenvalue weighted by Crippen LogP contribution is -2.20. The van der Waals surface area contributed by atoms with Crippen LogP contribution in [-0.4, -0.2) is 24.6 Å². The van der Waals surface area contributed by atoms with Gasteiger partial charge in [-0.3, -0.25) is 4.79 Å². The predicted molar refractivity (Wildman–Crippen MR) is 130 cm³/mol. The van der Waals surface area contributed by atoms with Gasteiger partial charge in [-0.2, -0.15) is 0 Å². The van der Waals surface area contributed by atoms with Crippen LogP contribution < -0.4 is 14.8 Å². The zero-order chi connectivity index (χ0) is 23.4. The zero-order valence-electron chi connectivity index (χ0n) is 18.7. The van der Waals surface area contributed by atoms with Crippen molar-refractivity contribution < 1.29 is 18.7 Å². The predicted octanol–water partition coefficient (Wildman–Crippen LogP) is 6.69. The number of aromatic nitrogens is 1. The van der Waals surface area contributed by atoms with Crippen LogP contribution >= 0.6 is 11.6 Å². The van der Waals surface area contributed by atoms with Crippen molar-refractivity contribution in [1.29, 1.82) is 0 Å². The Kier molecular flexibility index (Phi) is 6.84. The number of carbonyl (C=O) groups is 1. The van der Waals surface area contributed by atoms with Gasteiger partial charge in [0.15, 0.2) is 12.2 Å². The lowest BCUT2D eigenvalue weighted by molar-refractivity contribution is -0.118. The lowest BCUT2D eigenvalue weighted by atomic mass is 9.98. The smallest absolute Gasteiger partial charge is 0.262 e. The molecule has 0 aliphatic heterocycles. The van der Waals surface area contributed by atoms with E-state index in [-0.39, 0.29) is 12.5 Å². The van der Waals surface area contributed by atoms with Crippen LogP contribution in [0.4, 0.5) is 5.69 Å². The number of carbonyl (C=O) groups excluding carboxylic acids is 1. The summed E-state index contributed by atoms with van der Waals surface area (Å²) in [5, 5.41) is 3.20. The van der Waals surface area contributed by atoms with Crippen molar-refractivity contribution >= 4 is 34.3 Å². The third kappa shape index (κ3) is 5.29. The highest BCUT2D eigenvalue weighted by molar-refractivity contribution is 6.33. The Morgan fingerprint density at radius 2 is 1.85 bits per heavy atom. The first-order valence-electron chi connectivity index (χ1n) is 10.7. The van der Waals surface area contributed by atoms with Gasteiger partial charge in [-0.05, 0) is 72.5 Å². The van der Waals surface area contributed by atoms with Crippen LogP contribution in [0.1, 0.15) is 31.7 Å². The van der Waals surface area contributed by atoms with Crippen LogP contribution in [0.2, 0.25) is 5.02 Å². The zero-order valence-corrected chi connectivity index (χ0v) is 19.5. The minimum Gasteiger partial charge on any atom is -0.497 e. The molecule has 1 aromatic heterocycles. The molecule has 1 amide bonds. The normalized spacial score (nSPS) is 11.9. The van der Waals surface area contributed by atoms with Gasteiger partial charge in [0, 0.05) is 5.56 Å². The van der Waals surface area contributed by atoms with Gasteiger partial charge in [0.05, 0.1) is 17.8 Å². The van der Waals surface area contributed by atoms with E-state index in [0.717, 1.165) is 11.9 Å². The second-order valence-corrected chi connectivity index (χ2v) is 8.17. The maximum atomic E-state index is 12.4. The minimum absolute atomic E-state index is 0.159. The van der Waals surface area contributed by atoms with Crippen molar-refractivity contribution in [3.63, 3.8) is 0 Å². The number of halogens is 1. The summed E-state index contributed by atoms with van der Waals surface area (Å²) in [7, 11) is 1.59. The van der Waals surface area contributed by atoms with E-state index >= 15 is 0 Å². The Balaban J connectivity index is 1.48. The quantitative estimate of drug-likeness (QED) is 0.314. The van der Waals surface area contributed by atoms with Crippen LogP contribution in [0.25, 0.3) is 22.6 Å². The molecule has 0 saturated carbocycles. The highest BCUT2D eigenvalue weighted by atomic mass is 35.5. The molecule has 1 atom stereocenters. The molecule has 6 nitrogen and oxygen atoms in total. The summed E-state index contributed by atoms with van der Waals surface area (Å²) in [6, 6.07) is 18.3. The summed E-state index contributed by atoms with van der Waals surface area (Å²) >= 11 is 6.31. The van der Waals surface area contributed by atoms with Crippen LogP contribution in [0.5, 0.6) is 11.5 Å². The number of fused-ring (bicyclic) bond motifs is 1. The van der Waals surface area contributed by atoms with E-state index in [4.69, 9.17) is 25.5 Å². The highest BCUT2D eigenvalue weighted by Gasteiger charge is 2.14. The molecule has 1 unspecified atom stereocenters. The second kappa shape index (κ2) is 9.96. The summed E-state index contributed by atoms with van der Waals surface area (Å²) in [4.78, 5) is 17.1. The average molecular weight is 465 g/mol. The summed E-state index contributed by atoms with van der Waals surface area (Å²) in [5.74, 6) is 1.86. The number of rotatable bonds is 8. The van der Waals surface area contributed by atoms with E-state index in [9.17, 15) is 4.79 Å². The molecule has 1 N–H and O–H groups in total. The van der Waals surface area contributed by atoms with Crippen molar-refractivity contribution in [2.24, 2.45) is 0 Å². The molecule has 170 valence electrons. The third-order valence-electron chi connectivity index (χ3n) is 5.51. The molecule has 0 fully saturated rings. The van der Waals surface area contributed by atoms with Crippen molar-refractivity contribution in [3.8, 4) is 23.0 Å². The van der Waals surface area contributed by atoms with Gasteiger partial charge in [-0.15, -0.1) is 0 Å². The largest absolute Gasteiger partial charge is 0.497 e. The van der Waals surface area contributed by atoms with Gasteiger partial charge in [-0.1, -0.05) is 31.5 Å². The van der Waals surface area contributed by atoms with Crippen LogP contribution in [0, 0.1) is 0 Å². The molecule has 0 radical (unpaired) electrons. The van der Waals surface area contributed by atoms with Gasteiger partial charge in [0.25, 0.3) is 5.91 Å². The van der Waals surface area contributed by atoms with E-state index in [1.807, 2.05) is 12.1 Å². The molecule has 4 aromatic rings. The topological polar surface area (TPSA) is 73.6 Å². The fourth-order valence-corrected chi connectivity index (χ4v) is 3.54. The second-order valence-electron chi connectivity index (χ2n) is 7.76. The molecule has 33 heavy (non-hydrogen) atoms. The minimum atomic E-state index is -0.333. The summed E-state index contributed by atoms with van der Waals surface area (Å²) in [6.07, 6.45) is 1.05. The molecule has 7 heteroatoms. The Morgan fingerprint density at radius 3 is 2.58 bits per heavy atom. The monoisotopic (exact) mass is 464 g/mol. The average Bonchev–Trinajstić information content (AvgIpc) is 3.27. The molecule has 3 aromatic carbocycles. The number of oxazole rings is 1.